The number of morpholine rings is 1. The normalized spacial score (nSPS) is 17.2. The lowest BCUT2D eigenvalue weighted by atomic mass is 9.89. The van der Waals surface area contributed by atoms with E-state index >= 15 is 0 Å². The molecule has 0 spiro atoms. The van der Waals surface area contributed by atoms with E-state index in [1.54, 1.807) is 7.05 Å². The van der Waals surface area contributed by atoms with E-state index in [0.29, 0.717) is 44.9 Å². The van der Waals surface area contributed by atoms with Crippen LogP contribution in [0.3, 0.4) is 0 Å². The fourth-order valence-corrected chi connectivity index (χ4v) is 4.00. The number of pyridine rings is 1. The lowest BCUT2D eigenvalue weighted by Gasteiger charge is -2.36. The van der Waals surface area contributed by atoms with E-state index in [9.17, 15) is 10.1 Å². The summed E-state index contributed by atoms with van der Waals surface area (Å²) in [5.41, 5.74) is 2.56. The molecule has 2 aliphatic rings. The van der Waals surface area contributed by atoms with Crippen LogP contribution in [0.2, 0.25) is 0 Å². The minimum atomic E-state index is -0.400. The molecule has 1 amide bonds. The van der Waals surface area contributed by atoms with Crippen LogP contribution in [0.5, 0.6) is 5.88 Å². The lowest BCUT2D eigenvalue weighted by Crippen LogP contribution is -2.40. The molecule has 0 unspecified atom stereocenters. The largest absolute Gasteiger partial charge is 0.467 e. The third-order valence-corrected chi connectivity index (χ3v) is 5.84. The van der Waals surface area contributed by atoms with Crippen LogP contribution in [0.1, 0.15) is 30.5 Å². The summed E-state index contributed by atoms with van der Waals surface area (Å²) in [6.45, 7) is 6.79. The number of hydrogen-bond acceptors (Lipinski definition) is 7. The molecule has 1 saturated heterocycles. The van der Waals surface area contributed by atoms with Crippen LogP contribution in [0, 0.1) is 11.3 Å². The van der Waals surface area contributed by atoms with E-state index in [1.807, 2.05) is 44.2 Å². The Hall–Kier alpha value is -3.15. The zero-order chi connectivity index (χ0) is 22.7. The Kier molecular flexibility index (Phi) is 6.31. The van der Waals surface area contributed by atoms with Crippen molar-refractivity contribution in [2.24, 2.45) is 0 Å². The molecule has 0 atom stereocenters. The van der Waals surface area contributed by atoms with Crippen molar-refractivity contribution in [3.63, 3.8) is 0 Å². The van der Waals surface area contributed by atoms with Crippen LogP contribution >= 0.6 is 0 Å². The summed E-state index contributed by atoms with van der Waals surface area (Å²) in [4.78, 5) is 21.1. The number of para-hydroxylation sites is 1. The van der Waals surface area contributed by atoms with Gasteiger partial charge in [0.15, 0.2) is 6.61 Å². The molecule has 32 heavy (non-hydrogen) atoms. The Morgan fingerprint density at radius 3 is 2.66 bits per heavy atom. The number of aromatic nitrogens is 1. The van der Waals surface area contributed by atoms with E-state index in [4.69, 9.17) is 19.2 Å². The number of carbonyl (C=O) groups excluding carboxylic acids is 1. The molecule has 0 bridgehead atoms. The van der Waals surface area contributed by atoms with Crippen LogP contribution in [0.25, 0.3) is 0 Å². The highest BCUT2D eigenvalue weighted by molar-refractivity contribution is 5.93. The minimum absolute atomic E-state index is 0.195. The molecule has 4 rings (SSSR count). The summed E-state index contributed by atoms with van der Waals surface area (Å²) < 4.78 is 17.4. The Bertz CT molecular complexity index is 1030. The number of rotatable bonds is 5. The van der Waals surface area contributed by atoms with Crippen molar-refractivity contribution in [3.8, 4) is 11.9 Å². The summed E-state index contributed by atoms with van der Waals surface area (Å²) in [5, 5.41) is 9.96. The highest BCUT2D eigenvalue weighted by Crippen LogP contribution is 2.38. The van der Waals surface area contributed by atoms with Crippen molar-refractivity contribution in [1.29, 1.82) is 5.26 Å². The van der Waals surface area contributed by atoms with Gasteiger partial charge in [0, 0.05) is 37.8 Å². The molecule has 0 aliphatic carbocycles. The maximum Gasteiger partial charge on any atom is 0.264 e. The lowest BCUT2D eigenvalue weighted by molar-refractivity contribution is -0.120. The minimum Gasteiger partial charge on any atom is -0.467 e. The topological polar surface area (TPSA) is 87.9 Å². The first-order chi connectivity index (χ1) is 15.4. The van der Waals surface area contributed by atoms with Crippen LogP contribution < -0.4 is 14.5 Å². The van der Waals surface area contributed by atoms with Crippen LogP contribution in [-0.4, -0.2) is 56.5 Å². The average molecular weight is 437 g/mol. The number of nitriles is 1. The fraction of sp³-hybridized carbons (Fsp3) is 0.458. The maximum atomic E-state index is 12.7. The molecule has 1 aromatic heterocycles. The second kappa shape index (κ2) is 9.15. The molecule has 0 radical (unpaired) electrons. The van der Waals surface area contributed by atoms with Gasteiger partial charge in [-0.3, -0.25) is 4.79 Å². The van der Waals surface area contributed by atoms with Gasteiger partial charge in [-0.05, 0) is 31.5 Å². The van der Waals surface area contributed by atoms with E-state index in [-0.39, 0.29) is 18.4 Å². The summed E-state index contributed by atoms with van der Waals surface area (Å²) in [7, 11) is 1.70. The molecular formula is C24H28N4O4. The van der Waals surface area contributed by atoms with E-state index in [1.165, 1.54) is 4.90 Å². The summed E-state index contributed by atoms with van der Waals surface area (Å²) in [6.07, 6.45) is 0.569. The van der Waals surface area contributed by atoms with Crippen LogP contribution in [0.4, 0.5) is 11.5 Å². The Morgan fingerprint density at radius 2 is 1.97 bits per heavy atom. The highest BCUT2D eigenvalue weighted by Gasteiger charge is 2.34. The van der Waals surface area contributed by atoms with Gasteiger partial charge >= 0.3 is 0 Å². The number of nitrogens with zero attached hydrogens (tertiary/aromatic N) is 4. The van der Waals surface area contributed by atoms with E-state index < -0.39 is 5.60 Å². The first-order valence-corrected chi connectivity index (χ1v) is 10.8. The first-order valence-electron chi connectivity index (χ1n) is 10.8. The van der Waals surface area contributed by atoms with E-state index in [2.05, 4.69) is 11.0 Å². The molecule has 0 N–H and O–H groups in total. The molecule has 0 saturated carbocycles. The fourth-order valence-electron chi connectivity index (χ4n) is 4.00. The van der Waals surface area contributed by atoms with Crippen molar-refractivity contribution in [1.82, 2.24) is 4.98 Å². The van der Waals surface area contributed by atoms with Gasteiger partial charge in [0.1, 0.15) is 17.5 Å². The SMILES string of the molecule is CN(C(=O)COc1nc(N2CCOCC2)c2c(c1C#N)CC(C)(C)OC2)c1ccccc1. The molecular weight excluding hydrogens is 408 g/mol. The highest BCUT2D eigenvalue weighted by atomic mass is 16.5. The number of likely N-dealkylation sites (N-methyl/N-ethyl adjacent to an activating group) is 1. The summed E-state index contributed by atoms with van der Waals surface area (Å²) >= 11 is 0. The monoisotopic (exact) mass is 436 g/mol. The number of benzene rings is 1. The summed E-state index contributed by atoms with van der Waals surface area (Å²) in [6, 6.07) is 11.6. The number of anilines is 2. The van der Waals surface area contributed by atoms with Gasteiger partial charge in [-0.15, -0.1) is 0 Å². The molecule has 168 valence electrons. The number of hydrogen-bond donors (Lipinski definition) is 0. The van der Waals surface area contributed by atoms with Crippen LogP contribution in [-0.2, 0) is 27.3 Å². The predicted octanol–water partition coefficient (Wildman–Crippen LogP) is 2.68. The van der Waals surface area contributed by atoms with Gasteiger partial charge in [-0.25, -0.2) is 0 Å². The van der Waals surface area contributed by atoms with Gasteiger partial charge in [-0.1, -0.05) is 18.2 Å². The van der Waals surface area contributed by atoms with Gasteiger partial charge in [0.25, 0.3) is 5.91 Å². The standard InChI is InChI=1S/C24H28N4O4/c1-24(2)13-18-19(14-25)23(31-16-21(29)27(3)17-7-5-4-6-8-17)26-22(20(18)15-32-24)28-9-11-30-12-10-28/h4-8H,9-13,15-16H2,1-3H3. The van der Waals surface area contributed by atoms with Crippen molar-refractivity contribution < 1.29 is 19.0 Å². The first kappa shape index (κ1) is 22.1. The summed E-state index contributed by atoms with van der Waals surface area (Å²) in [5.74, 6) is 0.716. The van der Waals surface area contributed by atoms with Crippen molar-refractivity contribution >= 4 is 17.4 Å². The van der Waals surface area contributed by atoms with Gasteiger partial charge in [0.2, 0.25) is 5.88 Å². The zero-order valence-electron chi connectivity index (χ0n) is 18.8. The molecule has 8 nitrogen and oxygen atoms in total. The third kappa shape index (κ3) is 4.54. The number of carbonyl (C=O) groups is 1. The molecule has 1 fully saturated rings. The third-order valence-electron chi connectivity index (χ3n) is 5.84. The number of amides is 1. The number of ether oxygens (including phenoxy) is 3. The van der Waals surface area contributed by atoms with Crippen molar-refractivity contribution in [2.75, 3.05) is 49.8 Å². The molecule has 3 heterocycles. The Balaban J connectivity index is 1.65. The molecule has 8 heteroatoms. The van der Waals surface area contributed by atoms with Gasteiger partial charge in [0.05, 0.1) is 25.4 Å². The van der Waals surface area contributed by atoms with Crippen LogP contribution in [0.15, 0.2) is 30.3 Å². The van der Waals surface area contributed by atoms with Gasteiger partial charge in [-0.2, -0.15) is 10.2 Å². The van der Waals surface area contributed by atoms with Gasteiger partial charge < -0.3 is 24.0 Å². The van der Waals surface area contributed by atoms with Crippen molar-refractivity contribution in [3.05, 3.63) is 47.0 Å². The Labute approximate surface area is 188 Å². The maximum absolute atomic E-state index is 12.7. The second-order valence-corrected chi connectivity index (χ2v) is 8.59. The van der Waals surface area contributed by atoms with Crippen molar-refractivity contribution in [2.45, 2.75) is 32.5 Å². The molecule has 2 aromatic rings. The predicted molar refractivity (Wildman–Crippen MR) is 120 cm³/mol. The second-order valence-electron chi connectivity index (χ2n) is 8.59. The number of fused-ring (bicyclic) bond motifs is 1. The smallest absolute Gasteiger partial charge is 0.264 e. The van der Waals surface area contributed by atoms with E-state index in [0.717, 1.165) is 22.6 Å². The Morgan fingerprint density at radius 1 is 1.25 bits per heavy atom. The average Bonchev–Trinajstić information content (AvgIpc) is 2.81. The quantitative estimate of drug-likeness (QED) is 0.712. The zero-order valence-corrected chi connectivity index (χ0v) is 18.8. The molecule has 1 aromatic carbocycles. The molecule has 2 aliphatic heterocycles.